The van der Waals surface area contributed by atoms with E-state index in [1.54, 1.807) is 12.1 Å². The van der Waals surface area contributed by atoms with Crippen molar-refractivity contribution in [3.05, 3.63) is 107 Å². The lowest BCUT2D eigenvalue weighted by Crippen LogP contribution is -2.39. The number of carbonyl (C=O) groups excluding carboxylic acids is 1. The number of allylic oxidation sites excluding steroid dienone is 1. The molecular formula is C27H21FN4O2. The molecule has 0 bridgehead atoms. The zero-order valence-corrected chi connectivity index (χ0v) is 18.2. The first kappa shape index (κ1) is 20.4. The van der Waals surface area contributed by atoms with Crippen LogP contribution in [0.1, 0.15) is 35.9 Å². The first-order valence-corrected chi connectivity index (χ1v) is 11.2. The van der Waals surface area contributed by atoms with Gasteiger partial charge in [0.25, 0.3) is 0 Å². The molecule has 1 aliphatic carbocycles. The largest absolute Gasteiger partial charge is 0.423 e. The van der Waals surface area contributed by atoms with E-state index in [-0.39, 0.29) is 17.5 Å². The second-order valence-electron chi connectivity index (χ2n) is 8.50. The van der Waals surface area contributed by atoms with Gasteiger partial charge in [0.05, 0.1) is 0 Å². The second kappa shape index (κ2) is 8.26. The van der Waals surface area contributed by atoms with E-state index in [1.165, 1.54) is 12.1 Å². The van der Waals surface area contributed by atoms with Crippen LogP contribution < -0.4 is 10.6 Å². The van der Waals surface area contributed by atoms with E-state index < -0.39 is 6.04 Å². The lowest BCUT2D eigenvalue weighted by atomic mass is 9.78. The van der Waals surface area contributed by atoms with Crippen molar-refractivity contribution in [3.8, 4) is 0 Å². The molecule has 6 rings (SSSR count). The molecular weight excluding hydrogens is 431 g/mol. The summed E-state index contributed by atoms with van der Waals surface area (Å²) < 4.78 is 19.3. The van der Waals surface area contributed by atoms with Crippen LogP contribution in [0, 0.1) is 5.82 Å². The summed E-state index contributed by atoms with van der Waals surface area (Å²) in [7, 11) is 0. The molecule has 2 heterocycles. The Balaban J connectivity index is 1.36. The lowest BCUT2D eigenvalue weighted by molar-refractivity contribution is -0.116. The highest BCUT2D eigenvalue weighted by Crippen LogP contribution is 2.41. The fourth-order valence-electron chi connectivity index (χ4n) is 4.67. The number of oxazole rings is 1. The number of hydrogen-bond donors (Lipinski definition) is 2. The topological polar surface area (TPSA) is 79.5 Å². The van der Waals surface area contributed by atoms with Gasteiger partial charge in [-0.2, -0.15) is 4.98 Å². The highest BCUT2D eigenvalue weighted by Gasteiger charge is 2.37. The van der Waals surface area contributed by atoms with Crippen molar-refractivity contribution in [1.29, 1.82) is 0 Å². The van der Waals surface area contributed by atoms with Gasteiger partial charge < -0.3 is 9.73 Å². The molecule has 1 aliphatic heterocycles. The number of ketones is 1. The first-order valence-electron chi connectivity index (χ1n) is 11.2. The van der Waals surface area contributed by atoms with Gasteiger partial charge in [0, 0.05) is 17.7 Å². The summed E-state index contributed by atoms with van der Waals surface area (Å²) in [6.45, 7) is 0. The van der Waals surface area contributed by atoms with E-state index in [1.807, 2.05) is 54.6 Å². The Kier molecular flexibility index (Phi) is 4.95. The summed E-state index contributed by atoms with van der Waals surface area (Å²) in [6.07, 6.45) is 0.975. The average molecular weight is 452 g/mol. The molecule has 0 amide bonds. The number of aliphatic imine (C=N–C) groups is 1. The minimum Gasteiger partial charge on any atom is -0.423 e. The van der Waals surface area contributed by atoms with Crippen molar-refractivity contribution in [2.75, 3.05) is 5.32 Å². The number of guanidine groups is 1. The van der Waals surface area contributed by atoms with Crippen LogP contribution in [-0.4, -0.2) is 16.7 Å². The SMILES string of the molecule is O=C1C[C@H](c2ccc(F)cc2)CC2=C1[C@@H](c1ccccc1)N=C(Nc1nc3ccccc3o1)N2. The Morgan fingerprint density at radius 1 is 0.912 bits per heavy atom. The molecule has 6 nitrogen and oxygen atoms in total. The quantitative estimate of drug-likeness (QED) is 0.430. The fraction of sp³-hybridized carbons (Fsp3) is 0.148. The molecule has 0 saturated carbocycles. The van der Waals surface area contributed by atoms with Gasteiger partial charge in [0.2, 0.25) is 5.96 Å². The van der Waals surface area contributed by atoms with Crippen molar-refractivity contribution < 1.29 is 13.6 Å². The molecule has 168 valence electrons. The molecule has 7 heteroatoms. The van der Waals surface area contributed by atoms with Crippen molar-refractivity contribution in [1.82, 2.24) is 10.3 Å². The number of fused-ring (bicyclic) bond motifs is 1. The monoisotopic (exact) mass is 452 g/mol. The number of aromatic nitrogens is 1. The summed E-state index contributed by atoms with van der Waals surface area (Å²) in [5, 5.41) is 6.46. The van der Waals surface area contributed by atoms with Gasteiger partial charge in [-0.15, -0.1) is 0 Å². The number of Topliss-reactive ketones (excluding diaryl/α,β-unsaturated/α-hetero) is 1. The van der Waals surface area contributed by atoms with Crippen LogP contribution in [-0.2, 0) is 4.79 Å². The van der Waals surface area contributed by atoms with Gasteiger partial charge in [-0.3, -0.25) is 10.1 Å². The molecule has 34 heavy (non-hydrogen) atoms. The third kappa shape index (κ3) is 3.75. The zero-order chi connectivity index (χ0) is 23.1. The Bertz CT molecular complexity index is 1410. The maximum Gasteiger partial charge on any atom is 0.302 e. The first-order chi connectivity index (χ1) is 16.6. The van der Waals surface area contributed by atoms with E-state index in [2.05, 4.69) is 15.6 Å². The number of hydrogen-bond acceptors (Lipinski definition) is 6. The average Bonchev–Trinajstić information content (AvgIpc) is 3.26. The van der Waals surface area contributed by atoms with Crippen LogP contribution in [0.2, 0.25) is 0 Å². The number of nitrogens with one attached hydrogen (secondary N) is 2. The van der Waals surface area contributed by atoms with E-state index >= 15 is 0 Å². The van der Waals surface area contributed by atoms with Crippen molar-refractivity contribution >= 4 is 28.9 Å². The summed E-state index contributed by atoms with van der Waals surface area (Å²) in [4.78, 5) is 22.7. The number of nitrogens with zero attached hydrogens (tertiary/aromatic N) is 2. The van der Waals surface area contributed by atoms with Gasteiger partial charge in [-0.25, -0.2) is 9.38 Å². The number of para-hydroxylation sites is 2. The number of carbonyl (C=O) groups is 1. The van der Waals surface area contributed by atoms with E-state index in [9.17, 15) is 9.18 Å². The molecule has 0 unspecified atom stereocenters. The predicted molar refractivity (Wildman–Crippen MR) is 128 cm³/mol. The van der Waals surface area contributed by atoms with Crippen molar-refractivity contribution in [3.63, 3.8) is 0 Å². The Labute approximate surface area is 195 Å². The molecule has 2 atom stereocenters. The highest BCUT2D eigenvalue weighted by atomic mass is 19.1. The smallest absolute Gasteiger partial charge is 0.302 e. The second-order valence-corrected chi connectivity index (χ2v) is 8.50. The standard InChI is InChI=1S/C27H21FN4O2/c28-19-12-10-16(11-13-19)18-14-21-24(22(33)15-18)25(17-6-2-1-3-7-17)31-26(29-21)32-27-30-20-8-4-5-9-23(20)34-27/h1-13,18,25H,14-15H2,(H2,29,30,31,32)/t18-,25-/m1/s1. The van der Waals surface area contributed by atoms with Crippen LogP contribution >= 0.6 is 0 Å². The van der Waals surface area contributed by atoms with Gasteiger partial charge >= 0.3 is 6.01 Å². The van der Waals surface area contributed by atoms with E-state index in [0.29, 0.717) is 36.0 Å². The molecule has 0 spiro atoms. The minimum absolute atomic E-state index is 0.0422. The van der Waals surface area contributed by atoms with Crippen LogP contribution in [0.25, 0.3) is 11.1 Å². The lowest BCUT2D eigenvalue weighted by Gasteiger charge is -2.33. The molecule has 4 aromatic rings. The van der Waals surface area contributed by atoms with Gasteiger partial charge in [0.1, 0.15) is 17.4 Å². The van der Waals surface area contributed by atoms with Gasteiger partial charge in [-0.05, 0) is 47.7 Å². The van der Waals surface area contributed by atoms with Crippen molar-refractivity contribution in [2.24, 2.45) is 4.99 Å². The van der Waals surface area contributed by atoms with Gasteiger partial charge in [-0.1, -0.05) is 54.6 Å². The third-order valence-electron chi connectivity index (χ3n) is 6.28. The normalized spacial score (nSPS) is 20.0. The van der Waals surface area contributed by atoms with Crippen LogP contribution in [0.3, 0.4) is 0 Å². The summed E-state index contributed by atoms with van der Waals surface area (Å²) in [5.41, 5.74) is 4.77. The number of halogens is 1. The summed E-state index contributed by atoms with van der Waals surface area (Å²) in [6, 6.07) is 23.5. The maximum absolute atomic E-state index is 13.4. The molecule has 0 saturated heterocycles. The van der Waals surface area contributed by atoms with Crippen LogP contribution in [0.5, 0.6) is 0 Å². The maximum atomic E-state index is 13.4. The molecule has 1 aromatic heterocycles. The highest BCUT2D eigenvalue weighted by molar-refractivity contribution is 6.03. The molecule has 2 aliphatic rings. The minimum atomic E-state index is -0.439. The van der Waals surface area contributed by atoms with Crippen LogP contribution in [0.4, 0.5) is 10.4 Å². The number of benzene rings is 3. The Morgan fingerprint density at radius 3 is 2.47 bits per heavy atom. The zero-order valence-electron chi connectivity index (χ0n) is 18.2. The predicted octanol–water partition coefficient (Wildman–Crippen LogP) is 5.48. The van der Waals surface area contributed by atoms with Crippen LogP contribution in [0.15, 0.2) is 99.5 Å². The summed E-state index contributed by atoms with van der Waals surface area (Å²) >= 11 is 0. The summed E-state index contributed by atoms with van der Waals surface area (Å²) in [5.74, 6) is 0.176. The Hall–Kier alpha value is -4.26. The van der Waals surface area contributed by atoms with E-state index in [0.717, 1.165) is 22.3 Å². The third-order valence-corrected chi connectivity index (χ3v) is 6.28. The molecule has 2 N–H and O–H groups in total. The Morgan fingerprint density at radius 2 is 1.68 bits per heavy atom. The van der Waals surface area contributed by atoms with Gasteiger partial charge in [0.15, 0.2) is 11.4 Å². The van der Waals surface area contributed by atoms with Crippen molar-refractivity contribution in [2.45, 2.75) is 24.8 Å². The number of anilines is 1. The molecule has 0 radical (unpaired) electrons. The number of rotatable bonds is 3. The molecule has 3 aromatic carbocycles. The fourth-order valence-corrected chi connectivity index (χ4v) is 4.67. The van der Waals surface area contributed by atoms with E-state index in [4.69, 9.17) is 9.41 Å². The molecule has 0 fully saturated rings.